The van der Waals surface area contributed by atoms with Crippen LogP contribution in [0.3, 0.4) is 0 Å². The van der Waals surface area contributed by atoms with E-state index in [1.165, 1.54) is 35.6 Å². The van der Waals surface area contributed by atoms with Gasteiger partial charge in [0.25, 0.3) is 5.91 Å². The first kappa shape index (κ1) is 20.5. The topological polar surface area (TPSA) is 101 Å². The van der Waals surface area contributed by atoms with E-state index in [0.717, 1.165) is 11.4 Å². The summed E-state index contributed by atoms with van der Waals surface area (Å²) in [6.07, 6.45) is 1.50. The third-order valence-electron chi connectivity index (χ3n) is 3.67. The molecule has 7 nitrogen and oxygen atoms in total. The summed E-state index contributed by atoms with van der Waals surface area (Å²) in [5.41, 5.74) is 0.355. The van der Waals surface area contributed by atoms with Crippen LogP contribution in [0.2, 0.25) is 0 Å². The molecule has 1 amide bonds. The summed E-state index contributed by atoms with van der Waals surface area (Å²) in [4.78, 5) is 12.4. The molecule has 0 aliphatic carbocycles. The van der Waals surface area contributed by atoms with Crippen LogP contribution in [0.1, 0.15) is 49.5 Å². The Morgan fingerprint density at radius 1 is 1.15 bits per heavy atom. The van der Waals surface area contributed by atoms with Crippen LogP contribution in [0, 0.1) is 5.92 Å². The molecule has 2 N–H and O–H groups in total. The number of rotatable bonds is 8. The zero-order chi connectivity index (χ0) is 19.3. The molecule has 9 heteroatoms. The lowest BCUT2D eigenvalue weighted by atomic mass is 10.1. The molecule has 0 aliphatic heterocycles. The molecular formula is C17H24N4O3S2. The predicted octanol–water partition coefficient (Wildman–Crippen LogP) is 3.07. The van der Waals surface area contributed by atoms with Crippen LogP contribution < -0.4 is 10.0 Å². The van der Waals surface area contributed by atoms with Crippen LogP contribution in [0.5, 0.6) is 0 Å². The normalized spacial score (nSPS) is 13.0. The van der Waals surface area contributed by atoms with E-state index in [4.69, 9.17) is 0 Å². The summed E-state index contributed by atoms with van der Waals surface area (Å²) in [6, 6.07) is 5.65. The van der Waals surface area contributed by atoms with E-state index in [-0.39, 0.29) is 16.8 Å². The largest absolute Gasteiger partial charge is 0.296 e. The van der Waals surface area contributed by atoms with Crippen molar-refractivity contribution in [3.8, 4) is 0 Å². The molecule has 0 aliphatic rings. The lowest BCUT2D eigenvalue weighted by Gasteiger charge is -2.12. The molecule has 0 bridgehead atoms. The van der Waals surface area contributed by atoms with Gasteiger partial charge in [-0.2, -0.15) is 0 Å². The second-order valence-corrected chi connectivity index (χ2v) is 9.28. The van der Waals surface area contributed by atoms with E-state index in [0.29, 0.717) is 23.0 Å². The maximum Gasteiger partial charge on any atom is 0.257 e. The maximum absolute atomic E-state index is 12.3. The second kappa shape index (κ2) is 8.70. The Bertz CT molecular complexity index is 845. The fourth-order valence-corrected chi connectivity index (χ4v) is 4.38. The number of sulfonamides is 1. The molecule has 0 fully saturated rings. The number of amides is 1. The van der Waals surface area contributed by atoms with Gasteiger partial charge in [0, 0.05) is 18.0 Å². The third kappa shape index (κ3) is 5.58. The molecule has 0 saturated carbocycles. The summed E-state index contributed by atoms with van der Waals surface area (Å²) in [5, 5.41) is 12.0. The molecule has 0 spiro atoms. The average molecular weight is 397 g/mol. The Hall–Kier alpha value is -1.84. The number of benzene rings is 1. The minimum absolute atomic E-state index is 0.129. The smallest absolute Gasteiger partial charge is 0.257 e. The summed E-state index contributed by atoms with van der Waals surface area (Å²) in [6.45, 7) is 7.88. The summed E-state index contributed by atoms with van der Waals surface area (Å²) < 4.78 is 27.1. The first-order chi connectivity index (χ1) is 12.2. The van der Waals surface area contributed by atoms with Crippen molar-refractivity contribution in [3.63, 3.8) is 0 Å². The van der Waals surface area contributed by atoms with Gasteiger partial charge in [-0.05, 0) is 43.5 Å². The predicted molar refractivity (Wildman–Crippen MR) is 103 cm³/mol. The molecule has 26 heavy (non-hydrogen) atoms. The van der Waals surface area contributed by atoms with Gasteiger partial charge >= 0.3 is 0 Å². The van der Waals surface area contributed by atoms with E-state index in [2.05, 4.69) is 34.1 Å². The quantitative estimate of drug-likeness (QED) is 0.714. The summed E-state index contributed by atoms with van der Waals surface area (Å²) in [5.74, 6) is 0.112. The minimum atomic E-state index is -3.58. The van der Waals surface area contributed by atoms with Gasteiger partial charge in [0.1, 0.15) is 5.01 Å². The highest BCUT2D eigenvalue weighted by molar-refractivity contribution is 7.89. The van der Waals surface area contributed by atoms with Gasteiger partial charge in [0.15, 0.2) is 0 Å². The van der Waals surface area contributed by atoms with Gasteiger partial charge < -0.3 is 0 Å². The zero-order valence-electron chi connectivity index (χ0n) is 15.3. The number of hydrogen-bond donors (Lipinski definition) is 2. The highest BCUT2D eigenvalue weighted by atomic mass is 32.2. The SMILES string of the molecule is CCC(C)NS(=O)(=O)c1ccc(C(=O)Nc2nnc(CC(C)C)s2)cc1. The molecule has 2 aromatic rings. The Balaban J connectivity index is 2.05. The molecule has 1 aromatic heterocycles. The average Bonchev–Trinajstić information content (AvgIpc) is 3.00. The van der Waals surface area contributed by atoms with Crippen molar-refractivity contribution in [2.24, 2.45) is 5.92 Å². The van der Waals surface area contributed by atoms with Crippen molar-refractivity contribution >= 4 is 32.4 Å². The van der Waals surface area contributed by atoms with Crippen LogP contribution in [0.15, 0.2) is 29.2 Å². The Morgan fingerprint density at radius 3 is 2.38 bits per heavy atom. The molecule has 0 radical (unpaired) electrons. The van der Waals surface area contributed by atoms with E-state index in [9.17, 15) is 13.2 Å². The summed E-state index contributed by atoms with van der Waals surface area (Å²) >= 11 is 1.34. The van der Waals surface area contributed by atoms with E-state index in [1.54, 1.807) is 6.92 Å². The molecule has 2 rings (SSSR count). The molecule has 1 unspecified atom stereocenters. The lowest BCUT2D eigenvalue weighted by molar-refractivity contribution is 0.102. The summed E-state index contributed by atoms with van der Waals surface area (Å²) in [7, 11) is -3.58. The fourth-order valence-electron chi connectivity index (χ4n) is 2.11. The molecule has 0 saturated heterocycles. The zero-order valence-corrected chi connectivity index (χ0v) is 16.9. The van der Waals surface area contributed by atoms with Crippen LogP contribution >= 0.6 is 11.3 Å². The van der Waals surface area contributed by atoms with Gasteiger partial charge in [-0.1, -0.05) is 32.1 Å². The van der Waals surface area contributed by atoms with Crippen molar-refractivity contribution in [1.29, 1.82) is 0 Å². The van der Waals surface area contributed by atoms with Crippen LogP contribution in [0.4, 0.5) is 5.13 Å². The van der Waals surface area contributed by atoms with Gasteiger partial charge in [-0.25, -0.2) is 13.1 Å². The molecule has 1 atom stereocenters. The van der Waals surface area contributed by atoms with Crippen molar-refractivity contribution in [1.82, 2.24) is 14.9 Å². The Kier molecular flexibility index (Phi) is 6.85. The number of carbonyl (C=O) groups is 1. The van der Waals surface area contributed by atoms with Gasteiger partial charge in [-0.15, -0.1) is 10.2 Å². The highest BCUT2D eigenvalue weighted by Gasteiger charge is 2.17. The number of carbonyl (C=O) groups excluding carboxylic acids is 1. The van der Waals surface area contributed by atoms with E-state index < -0.39 is 10.0 Å². The number of aromatic nitrogens is 2. The van der Waals surface area contributed by atoms with Crippen molar-refractivity contribution in [3.05, 3.63) is 34.8 Å². The monoisotopic (exact) mass is 396 g/mol. The maximum atomic E-state index is 12.3. The number of nitrogens with zero attached hydrogens (tertiary/aromatic N) is 2. The number of anilines is 1. The van der Waals surface area contributed by atoms with Crippen LogP contribution in [0.25, 0.3) is 0 Å². The van der Waals surface area contributed by atoms with E-state index >= 15 is 0 Å². The Labute approximate surface area is 158 Å². The second-order valence-electron chi connectivity index (χ2n) is 6.51. The van der Waals surface area contributed by atoms with Gasteiger partial charge in [0.05, 0.1) is 4.90 Å². The highest BCUT2D eigenvalue weighted by Crippen LogP contribution is 2.19. The van der Waals surface area contributed by atoms with Crippen molar-refractivity contribution in [2.75, 3.05) is 5.32 Å². The Morgan fingerprint density at radius 2 is 1.81 bits per heavy atom. The molecule has 1 aromatic carbocycles. The third-order valence-corrected chi connectivity index (χ3v) is 6.13. The van der Waals surface area contributed by atoms with Crippen molar-refractivity contribution in [2.45, 2.75) is 51.5 Å². The van der Waals surface area contributed by atoms with E-state index in [1.807, 2.05) is 6.92 Å². The van der Waals surface area contributed by atoms with Gasteiger partial charge in [0.2, 0.25) is 15.2 Å². The van der Waals surface area contributed by atoms with Crippen LogP contribution in [-0.4, -0.2) is 30.6 Å². The van der Waals surface area contributed by atoms with Gasteiger partial charge in [-0.3, -0.25) is 10.1 Å². The molecular weight excluding hydrogens is 372 g/mol. The van der Waals surface area contributed by atoms with Crippen LogP contribution in [-0.2, 0) is 16.4 Å². The fraction of sp³-hybridized carbons (Fsp3) is 0.471. The molecule has 1 heterocycles. The lowest BCUT2D eigenvalue weighted by Crippen LogP contribution is -2.32. The number of nitrogens with one attached hydrogen (secondary N) is 2. The minimum Gasteiger partial charge on any atom is -0.296 e. The standard InChI is InChI=1S/C17H24N4O3S2/c1-5-12(4)21-26(23,24)14-8-6-13(7-9-14)16(22)18-17-20-19-15(25-17)10-11(2)3/h6-9,11-12,21H,5,10H2,1-4H3,(H,18,20,22). The number of hydrogen-bond acceptors (Lipinski definition) is 6. The first-order valence-electron chi connectivity index (χ1n) is 8.47. The molecule has 142 valence electrons. The first-order valence-corrected chi connectivity index (χ1v) is 10.8. The van der Waals surface area contributed by atoms with Crippen molar-refractivity contribution < 1.29 is 13.2 Å².